The van der Waals surface area contributed by atoms with E-state index >= 15 is 0 Å². The molecule has 1 atom stereocenters. The van der Waals surface area contributed by atoms with Gasteiger partial charge in [0.1, 0.15) is 17.0 Å². The van der Waals surface area contributed by atoms with Crippen LogP contribution in [-0.2, 0) is 6.54 Å². The molecule has 0 aliphatic rings. The van der Waals surface area contributed by atoms with Gasteiger partial charge in [0.2, 0.25) is 0 Å². The van der Waals surface area contributed by atoms with E-state index in [1.165, 1.54) is 11.9 Å². The first-order chi connectivity index (χ1) is 19.4. The Hall–Kier alpha value is -4.34. The van der Waals surface area contributed by atoms with Crippen LogP contribution < -0.4 is 11.5 Å². The van der Waals surface area contributed by atoms with Crippen molar-refractivity contribution < 1.29 is 4.79 Å². The molecule has 9 nitrogen and oxygen atoms in total. The van der Waals surface area contributed by atoms with Gasteiger partial charge in [-0.25, -0.2) is 19.9 Å². The van der Waals surface area contributed by atoms with E-state index in [4.69, 9.17) is 23.1 Å². The minimum atomic E-state index is -0.608. The number of imidazole rings is 1. The Morgan fingerprint density at radius 1 is 1.05 bits per heavy atom. The number of amides is 1. The molecule has 0 saturated heterocycles. The summed E-state index contributed by atoms with van der Waals surface area (Å²) in [5, 5.41) is 0.0938. The van der Waals surface area contributed by atoms with Crippen molar-refractivity contribution in [3.63, 3.8) is 0 Å². The fourth-order valence-corrected chi connectivity index (χ4v) is 5.16. The van der Waals surface area contributed by atoms with Gasteiger partial charge in [0.15, 0.2) is 11.5 Å². The Labute approximate surface area is 237 Å². The van der Waals surface area contributed by atoms with E-state index in [2.05, 4.69) is 55.5 Å². The topological polar surface area (TPSA) is 129 Å². The molecule has 0 fully saturated rings. The molecule has 3 heterocycles. The fraction of sp³-hybridized carbons (Fsp3) is 0.233. The zero-order chi connectivity index (χ0) is 28.2. The monoisotopic (exact) mass is 554 g/mol. The number of pyridine rings is 1. The average Bonchev–Trinajstić information content (AvgIpc) is 3.39. The number of rotatable bonds is 10. The number of benzene rings is 2. The van der Waals surface area contributed by atoms with Crippen LogP contribution in [0.15, 0.2) is 73.3 Å². The molecule has 3 aromatic heterocycles. The van der Waals surface area contributed by atoms with Crippen molar-refractivity contribution in [1.82, 2.24) is 29.4 Å². The van der Waals surface area contributed by atoms with E-state index in [1.54, 1.807) is 6.07 Å². The van der Waals surface area contributed by atoms with Crippen LogP contribution in [-0.4, -0.2) is 48.9 Å². The molecule has 1 unspecified atom stereocenters. The summed E-state index contributed by atoms with van der Waals surface area (Å²) < 4.78 is 2.10. The Morgan fingerprint density at radius 2 is 1.80 bits per heavy atom. The SMILES string of the molecule is CCC(CCN(C)Cc1ccc(-c2nc(Cl)c(C(N)=O)cc2-c2ccccc2)cc1)n1cnc2c(N)ncnc21. The first-order valence-electron chi connectivity index (χ1n) is 13.1. The molecule has 0 spiro atoms. The highest BCUT2D eigenvalue weighted by Crippen LogP contribution is 2.34. The molecule has 5 aromatic rings. The zero-order valence-electron chi connectivity index (χ0n) is 22.5. The Bertz CT molecular complexity index is 1640. The maximum atomic E-state index is 11.9. The molecule has 40 heavy (non-hydrogen) atoms. The summed E-state index contributed by atoms with van der Waals surface area (Å²) >= 11 is 6.35. The van der Waals surface area contributed by atoms with Crippen molar-refractivity contribution >= 4 is 34.5 Å². The van der Waals surface area contributed by atoms with E-state index < -0.39 is 5.91 Å². The molecule has 10 heteroatoms. The van der Waals surface area contributed by atoms with Crippen LogP contribution in [0.1, 0.15) is 41.7 Å². The highest BCUT2D eigenvalue weighted by molar-refractivity contribution is 6.33. The minimum Gasteiger partial charge on any atom is -0.382 e. The predicted octanol–water partition coefficient (Wildman–Crippen LogP) is 5.36. The normalized spacial score (nSPS) is 12.2. The van der Waals surface area contributed by atoms with Crippen molar-refractivity contribution in [1.29, 1.82) is 0 Å². The molecule has 0 aliphatic carbocycles. The lowest BCUT2D eigenvalue weighted by Gasteiger charge is -2.22. The lowest BCUT2D eigenvalue weighted by molar-refractivity contribution is 0.1000. The number of nitrogens with zero attached hydrogens (tertiary/aromatic N) is 6. The fourth-order valence-electron chi connectivity index (χ4n) is 4.93. The highest BCUT2D eigenvalue weighted by atomic mass is 35.5. The standard InChI is InChI=1S/C30H31ClN8O/c1-3-22(39-18-36-26-28(32)34-17-35-30(26)39)13-14-38(2)16-19-9-11-21(12-10-19)25-23(20-7-5-4-6-8-20)15-24(29(33)40)27(31)37-25/h4-12,15,17-18,22H,3,13-14,16H2,1-2H3,(H2,33,40)(H2,32,34,35). The number of nitrogens with two attached hydrogens (primary N) is 2. The van der Waals surface area contributed by atoms with Crippen LogP contribution in [0.25, 0.3) is 33.5 Å². The molecule has 0 saturated carbocycles. The highest BCUT2D eigenvalue weighted by Gasteiger charge is 2.18. The molecule has 4 N–H and O–H groups in total. The lowest BCUT2D eigenvalue weighted by Crippen LogP contribution is -2.22. The number of halogens is 1. The zero-order valence-corrected chi connectivity index (χ0v) is 23.2. The lowest BCUT2D eigenvalue weighted by atomic mass is 9.97. The largest absolute Gasteiger partial charge is 0.382 e. The average molecular weight is 555 g/mol. The number of nitrogen functional groups attached to an aromatic ring is 1. The summed E-state index contributed by atoms with van der Waals surface area (Å²) in [6.45, 7) is 3.85. The van der Waals surface area contributed by atoms with Crippen LogP contribution >= 0.6 is 11.6 Å². The number of anilines is 1. The molecule has 0 bridgehead atoms. The van der Waals surface area contributed by atoms with Gasteiger partial charge >= 0.3 is 0 Å². The molecule has 0 radical (unpaired) electrons. The first kappa shape index (κ1) is 27.2. The van der Waals surface area contributed by atoms with Gasteiger partial charge in [0, 0.05) is 30.3 Å². The summed E-state index contributed by atoms with van der Waals surface area (Å²) in [5.74, 6) is -0.208. The van der Waals surface area contributed by atoms with E-state index in [-0.39, 0.29) is 16.8 Å². The van der Waals surface area contributed by atoms with Gasteiger partial charge in [-0.1, -0.05) is 73.1 Å². The summed E-state index contributed by atoms with van der Waals surface area (Å²) in [6.07, 6.45) is 5.18. The van der Waals surface area contributed by atoms with E-state index in [0.29, 0.717) is 17.0 Å². The number of hydrogen-bond donors (Lipinski definition) is 2. The van der Waals surface area contributed by atoms with E-state index in [0.717, 1.165) is 48.3 Å². The van der Waals surface area contributed by atoms with Crippen LogP contribution in [0.4, 0.5) is 5.82 Å². The van der Waals surface area contributed by atoms with Gasteiger partial charge in [-0.3, -0.25) is 4.79 Å². The summed E-state index contributed by atoms with van der Waals surface area (Å²) in [6, 6.07) is 20.0. The Balaban J connectivity index is 1.30. The molecule has 5 rings (SSSR count). The minimum absolute atomic E-state index is 0.0938. The van der Waals surface area contributed by atoms with Gasteiger partial charge in [0.05, 0.1) is 17.6 Å². The second-order valence-electron chi connectivity index (χ2n) is 9.82. The van der Waals surface area contributed by atoms with Gasteiger partial charge in [-0.15, -0.1) is 0 Å². The van der Waals surface area contributed by atoms with Crippen LogP contribution in [0, 0.1) is 0 Å². The number of hydrogen-bond acceptors (Lipinski definition) is 7. The summed E-state index contributed by atoms with van der Waals surface area (Å²) in [5.41, 5.74) is 17.6. The molecular formula is C30H31ClN8O. The maximum Gasteiger partial charge on any atom is 0.251 e. The third-order valence-electron chi connectivity index (χ3n) is 7.10. The number of fused-ring (bicyclic) bond motifs is 1. The number of carbonyl (C=O) groups is 1. The molecular weight excluding hydrogens is 524 g/mol. The van der Waals surface area contributed by atoms with Crippen molar-refractivity contribution in [3.05, 3.63) is 89.6 Å². The summed E-state index contributed by atoms with van der Waals surface area (Å²) in [7, 11) is 2.12. The first-order valence-corrected chi connectivity index (χ1v) is 13.5. The third kappa shape index (κ3) is 5.66. The Morgan fingerprint density at radius 3 is 2.50 bits per heavy atom. The number of primary amides is 1. The molecule has 1 amide bonds. The molecule has 204 valence electrons. The van der Waals surface area contributed by atoms with Crippen molar-refractivity contribution in [2.45, 2.75) is 32.4 Å². The van der Waals surface area contributed by atoms with Gasteiger partial charge < -0.3 is 20.9 Å². The number of aromatic nitrogens is 5. The maximum absolute atomic E-state index is 11.9. The predicted molar refractivity (Wildman–Crippen MR) is 159 cm³/mol. The van der Waals surface area contributed by atoms with Crippen LogP contribution in [0.5, 0.6) is 0 Å². The number of carbonyl (C=O) groups excluding carboxylic acids is 1. The van der Waals surface area contributed by atoms with Crippen LogP contribution in [0.3, 0.4) is 0 Å². The van der Waals surface area contributed by atoms with Crippen LogP contribution in [0.2, 0.25) is 5.15 Å². The molecule has 2 aromatic carbocycles. The van der Waals surface area contributed by atoms with Gasteiger partial charge in [-0.2, -0.15) is 0 Å². The van der Waals surface area contributed by atoms with Crippen molar-refractivity contribution in [3.8, 4) is 22.4 Å². The Kier molecular flexibility index (Phi) is 8.04. The van der Waals surface area contributed by atoms with Gasteiger partial charge in [0.25, 0.3) is 5.91 Å². The van der Waals surface area contributed by atoms with E-state index in [1.807, 2.05) is 48.8 Å². The third-order valence-corrected chi connectivity index (χ3v) is 7.39. The summed E-state index contributed by atoms with van der Waals surface area (Å²) in [4.78, 5) is 31.7. The second kappa shape index (κ2) is 11.8. The van der Waals surface area contributed by atoms with E-state index in [9.17, 15) is 4.79 Å². The van der Waals surface area contributed by atoms with Gasteiger partial charge in [-0.05, 0) is 37.1 Å². The smallest absolute Gasteiger partial charge is 0.251 e. The van der Waals surface area contributed by atoms with Crippen molar-refractivity contribution in [2.24, 2.45) is 5.73 Å². The quantitative estimate of drug-likeness (QED) is 0.222. The second-order valence-corrected chi connectivity index (χ2v) is 10.2. The van der Waals surface area contributed by atoms with Crippen molar-refractivity contribution in [2.75, 3.05) is 19.3 Å². The molecule has 0 aliphatic heterocycles.